The fourth-order valence-corrected chi connectivity index (χ4v) is 1.59. The molecule has 2 aromatic carbocycles. The fourth-order valence-electron chi connectivity index (χ4n) is 1.59. The van der Waals surface area contributed by atoms with Gasteiger partial charge in [-0.15, -0.1) is 0 Å². The standard InChI is InChI=1S/C14H7F2NO3/c15-9-4-5-11(8(6-9)7-17)20-12-3-1-2-10(16)13(12)14(18)19/h1-6H,(H,18,19). The predicted molar refractivity (Wildman–Crippen MR) is 64.5 cm³/mol. The second-order valence-corrected chi connectivity index (χ2v) is 3.77. The number of carboxylic acid groups (broad SMARTS) is 1. The molecule has 0 saturated heterocycles. The molecular weight excluding hydrogens is 268 g/mol. The quantitative estimate of drug-likeness (QED) is 0.932. The smallest absolute Gasteiger partial charge is 0.342 e. The van der Waals surface area contributed by atoms with E-state index in [1.165, 1.54) is 18.2 Å². The predicted octanol–water partition coefficient (Wildman–Crippen LogP) is 3.33. The van der Waals surface area contributed by atoms with Gasteiger partial charge in [-0.05, 0) is 30.3 Å². The molecule has 0 amide bonds. The van der Waals surface area contributed by atoms with Crippen molar-refractivity contribution in [2.75, 3.05) is 0 Å². The van der Waals surface area contributed by atoms with Gasteiger partial charge < -0.3 is 9.84 Å². The number of rotatable bonds is 3. The van der Waals surface area contributed by atoms with Crippen molar-refractivity contribution in [3.63, 3.8) is 0 Å². The highest BCUT2D eigenvalue weighted by atomic mass is 19.1. The number of nitriles is 1. The molecule has 100 valence electrons. The number of carbonyl (C=O) groups is 1. The molecular formula is C14H7F2NO3. The van der Waals surface area contributed by atoms with Crippen LogP contribution >= 0.6 is 0 Å². The lowest BCUT2D eigenvalue weighted by atomic mass is 10.1. The lowest BCUT2D eigenvalue weighted by Gasteiger charge is -2.10. The van der Waals surface area contributed by atoms with Crippen molar-refractivity contribution >= 4 is 5.97 Å². The summed E-state index contributed by atoms with van der Waals surface area (Å²) in [4.78, 5) is 11.0. The number of hydrogen-bond acceptors (Lipinski definition) is 3. The van der Waals surface area contributed by atoms with Crippen LogP contribution in [0.2, 0.25) is 0 Å². The molecule has 0 fully saturated rings. The number of ether oxygens (including phenoxy) is 1. The maximum atomic E-state index is 13.5. The van der Waals surface area contributed by atoms with Crippen LogP contribution in [0.5, 0.6) is 11.5 Å². The van der Waals surface area contributed by atoms with Gasteiger partial charge in [0, 0.05) is 0 Å². The number of halogens is 2. The van der Waals surface area contributed by atoms with E-state index in [0.29, 0.717) is 0 Å². The average molecular weight is 275 g/mol. The van der Waals surface area contributed by atoms with E-state index in [1.54, 1.807) is 6.07 Å². The van der Waals surface area contributed by atoms with E-state index >= 15 is 0 Å². The van der Waals surface area contributed by atoms with E-state index in [-0.39, 0.29) is 17.1 Å². The number of benzene rings is 2. The highest BCUT2D eigenvalue weighted by Crippen LogP contribution is 2.29. The van der Waals surface area contributed by atoms with Gasteiger partial charge in [0.05, 0.1) is 5.56 Å². The van der Waals surface area contributed by atoms with Crippen molar-refractivity contribution in [3.05, 3.63) is 59.2 Å². The molecule has 0 aliphatic heterocycles. The van der Waals surface area contributed by atoms with Gasteiger partial charge in [0.1, 0.15) is 34.8 Å². The zero-order chi connectivity index (χ0) is 14.7. The topological polar surface area (TPSA) is 70.3 Å². The van der Waals surface area contributed by atoms with Crippen LogP contribution < -0.4 is 4.74 Å². The summed E-state index contributed by atoms with van der Waals surface area (Å²) < 4.78 is 31.7. The Morgan fingerprint density at radius 2 is 1.95 bits per heavy atom. The molecule has 0 saturated carbocycles. The fraction of sp³-hybridized carbons (Fsp3) is 0. The van der Waals surface area contributed by atoms with Crippen molar-refractivity contribution in [1.82, 2.24) is 0 Å². The number of hydrogen-bond donors (Lipinski definition) is 1. The molecule has 1 N–H and O–H groups in total. The Labute approximate surface area is 112 Å². The lowest BCUT2D eigenvalue weighted by Crippen LogP contribution is -2.04. The molecule has 0 aliphatic rings. The van der Waals surface area contributed by atoms with Crippen molar-refractivity contribution in [2.45, 2.75) is 0 Å². The monoisotopic (exact) mass is 275 g/mol. The summed E-state index contributed by atoms with van der Waals surface area (Å²) >= 11 is 0. The SMILES string of the molecule is N#Cc1cc(F)ccc1Oc1cccc(F)c1C(=O)O. The average Bonchev–Trinajstić information content (AvgIpc) is 2.40. The Bertz CT molecular complexity index is 723. The first-order valence-electron chi connectivity index (χ1n) is 5.42. The Morgan fingerprint density at radius 3 is 2.60 bits per heavy atom. The van der Waals surface area contributed by atoms with Gasteiger partial charge in [-0.1, -0.05) is 6.07 Å². The number of carboxylic acids is 1. The Kier molecular flexibility index (Phi) is 3.62. The normalized spacial score (nSPS) is 9.85. The highest BCUT2D eigenvalue weighted by Gasteiger charge is 2.18. The molecule has 0 unspecified atom stereocenters. The van der Waals surface area contributed by atoms with Gasteiger partial charge >= 0.3 is 5.97 Å². The molecule has 6 heteroatoms. The third kappa shape index (κ3) is 2.57. The van der Waals surface area contributed by atoms with E-state index in [9.17, 15) is 13.6 Å². The Balaban J connectivity index is 2.49. The van der Waals surface area contributed by atoms with Gasteiger partial charge in [-0.3, -0.25) is 0 Å². The van der Waals surface area contributed by atoms with Crippen LogP contribution in [-0.2, 0) is 0 Å². The molecule has 20 heavy (non-hydrogen) atoms. The van der Waals surface area contributed by atoms with Gasteiger partial charge in [-0.25, -0.2) is 13.6 Å². The van der Waals surface area contributed by atoms with Crippen molar-refractivity contribution < 1.29 is 23.4 Å². The van der Waals surface area contributed by atoms with E-state index in [4.69, 9.17) is 15.1 Å². The molecule has 0 heterocycles. The third-order valence-corrected chi connectivity index (χ3v) is 2.47. The molecule has 0 bridgehead atoms. The van der Waals surface area contributed by atoms with Crippen molar-refractivity contribution in [1.29, 1.82) is 5.26 Å². The lowest BCUT2D eigenvalue weighted by molar-refractivity contribution is 0.0689. The largest absolute Gasteiger partial charge is 0.477 e. The number of aromatic carboxylic acids is 1. The molecule has 4 nitrogen and oxygen atoms in total. The third-order valence-electron chi connectivity index (χ3n) is 2.47. The Hall–Kier alpha value is -2.94. The Morgan fingerprint density at radius 1 is 1.20 bits per heavy atom. The van der Waals surface area contributed by atoms with Crippen LogP contribution in [0.25, 0.3) is 0 Å². The first-order chi connectivity index (χ1) is 9.52. The van der Waals surface area contributed by atoms with E-state index in [0.717, 1.165) is 18.2 Å². The van der Waals surface area contributed by atoms with Crippen LogP contribution in [-0.4, -0.2) is 11.1 Å². The van der Waals surface area contributed by atoms with Crippen LogP contribution in [0.15, 0.2) is 36.4 Å². The second-order valence-electron chi connectivity index (χ2n) is 3.77. The minimum atomic E-state index is -1.50. The molecule has 0 radical (unpaired) electrons. The maximum absolute atomic E-state index is 13.5. The summed E-state index contributed by atoms with van der Waals surface area (Å²) in [5, 5.41) is 17.8. The molecule has 2 rings (SSSR count). The van der Waals surface area contributed by atoms with E-state index in [2.05, 4.69) is 0 Å². The van der Waals surface area contributed by atoms with Crippen LogP contribution in [0, 0.1) is 23.0 Å². The molecule has 0 atom stereocenters. The first-order valence-corrected chi connectivity index (χ1v) is 5.42. The summed E-state index contributed by atoms with van der Waals surface area (Å²) in [6, 6.07) is 8.37. The minimum absolute atomic E-state index is 0.0537. The molecule has 2 aromatic rings. The van der Waals surface area contributed by atoms with Crippen LogP contribution in [0.4, 0.5) is 8.78 Å². The first kappa shape index (κ1) is 13.5. The summed E-state index contributed by atoms with van der Waals surface area (Å²) in [6.45, 7) is 0. The van der Waals surface area contributed by atoms with Crippen LogP contribution in [0.1, 0.15) is 15.9 Å². The van der Waals surface area contributed by atoms with Gasteiger partial charge in [0.25, 0.3) is 0 Å². The molecule has 0 aromatic heterocycles. The zero-order valence-electron chi connectivity index (χ0n) is 9.93. The van der Waals surface area contributed by atoms with Crippen molar-refractivity contribution in [3.8, 4) is 17.6 Å². The summed E-state index contributed by atoms with van der Waals surface area (Å²) in [6.07, 6.45) is 0. The van der Waals surface area contributed by atoms with E-state index < -0.39 is 23.2 Å². The zero-order valence-corrected chi connectivity index (χ0v) is 9.93. The maximum Gasteiger partial charge on any atom is 0.342 e. The number of nitrogens with zero attached hydrogens (tertiary/aromatic N) is 1. The van der Waals surface area contributed by atoms with E-state index in [1.807, 2.05) is 0 Å². The molecule has 0 aliphatic carbocycles. The van der Waals surface area contributed by atoms with Crippen LogP contribution in [0.3, 0.4) is 0 Å². The highest BCUT2D eigenvalue weighted by molar-refractivity contribution is 5.91. The van der Waals surface area contributed by atoms with Gasteiger partial charge in [0.15, 0.2) is 0 Å². The van der Waals surface area contributed by atoms with Crippen molar-refractivity contribution in [2.24, 2.45) is 0 Å². The van der Waals surface area contributed by atoms with Gasteiger partial charge in [0.2, 0.25) is 0 Å². The summed E-state index contributed by atoms with van der Waals surface area (Å²) in [7, 11) is 0. The molecule has 0 spiro atoms. The second kappa shape index (κ2) is 5.36. The summed E-state index contributed by atoms with van der Waals surface area (Å²) in [5.41, 5.74) is -0.772. The minimum Gasteiger partial charge on any atom is -0.477 e. The van der Waals surface area contributed by atoms with Gasteiger partial charge in [-0.2, -0.15) is 5.26 Å². The summed E-state index contributed by atoms with van der Waals surface area (Å²) in [5.74, 6) is -3.41.